The highest BCUT2D eigenvalue weighted by molar-refractivity contribution is 5.93. The van der Waals surface area contributed by atoms with Gasteiger partial charge in [0.1, 0.15) is 5.69 Å². The van der Waals surface area contributed by atoms with Crippen LogP contribution in [0.4, 0.5) is 13.2 Å². The second-order valence-electron chi connectivity index (χ2n) is 3.93. The number of rotatable bonds is 3. The van der Waals surface area contributed by atoms with Gasteiger partial charge in [0, 0.05) is 25.8 Å². The lowest BCUT2D eigenvalue weighted by Gasteiger charge is -2.23. The minimum absolute atomic E-state index is 0.103. The Morgan fingerprint density at radius 3 is 2.50 bits per heavy atom. The molecule has 0 aliphatic carbocycles. The lowest BCUT2D eigenvalue weighted by atomic mass is 10.2. The number of halogens is 3. The Labute approximate surface area is 103 Å². The molecular weight excluding hydrogens is 247 g/mol. The SMILES string of the molecule is CC(CN)N(C)C(=O)c1ccc(C(F)(F)F)nc1. The smallest absolute Gasteiger partial charge is 0.338 e. The lowest BCUT2D eigenvalue weighted by Crippen LogP contribution is -2.39. The third-order valence-corrected chi connectivity index (χ3v) is 2.62. The Kier molecular flexibility index (Phi) is 4.28. The van der Waals surface area contributed by atoms with Crippen LogP contribution in [0.15, 0.2) is 18.3 Å². The van der Waals surface area contributed by atoms with Crippen molar-refractivity contribution in [3.05, 3.63) is 29.6 Å². The van der Waals surface area contributed by atoms with Crippen LogP contribution in [0.25, 0.3) is 0 Å². The van der Waals surface area contributed by atoms with Crippen molar-refractivity contribution in [3.8, 4) is 0 Å². The maximum atomic E-state index is 12.3. The fourth-order valence-corrected chi connectivity index (χ4v) is 1.25. The van der Waals surface area contributed by atoms with Gasteiger partial charge in [-0.25, -0.2) is 0 Å². The number of carbonyl (C=O) groups excluding carboxylic acids is 1. The van der Waals surface area contributed by atoms with Gasteiger partial charge in [-0.2, -0.15) is 13.2 Å². The molecule has 1 heterocycles. The van der Waals surface area contributed by atoms with Crippen LogP contribution in [0.3, 0.4) is 0 Å². The number of carbonyl (C=O) groups is 1. The van der Waals surface area contributed by atoms with Crippen LogP contribution in [0, 0.1) is 0 Å². The molecule has 1 atom stereocenters. The highest BCUT2D eigenvalue weighted by atomic mass is 19.4. The van der Waals surface area contributed by atoms with Crippen LogP contribution in [-0.2, 0) is 6.18 Å². The van der Waals surface area contributed by atoms with Gasteiger partial charge in [-0.1, -0.05) is 0 Å². The van der Waals surface area contributed by atoms with E-state index in [1.165, 1.54) is 11.9 Å². The third-order valence-electron chi connectivity index (χ3n) is 2.62. The Hall–Kier alpha value is -1.63. The Morgan fingerprint density at radius 2 is 2.11 bits per heavy atom. The van der Waals surface area contributed by atoms with Gasteiger partial charge in [-0.05, 0) is 19.1 Å². The van der Waals surface area contributed by atoms with Crippen LogP contribution < -0.4 is 5.73 Å². The second-order valence-corrected chi connectivity index (χ2v) is 3.93. The summed E-state index contributed by atoms with van der Waals surface area (Å²) in [7, 11) is 1.54. The van der Waals surface area contributed by atoms with Crippen molar-refractivity contribution in [1.82, 2.24) is 9.88 Å². The predicted molar refractivity (Wildman–Crippen MR) is 59.8 cm³/mol. The molecular formula is C11H14F3N3O. The molecule has 0 aliphatic rings. The number of nitrogens with two attached hydrogens (primary N) is 1. The molecule has 2 N–H and O–H groups in total. The summed E-state index contributed by atoms with van der Waals surface area (Å²) in [4.78, 5) is 16.5. The number of hydrogen-bond acceptors (Lipinski definition) is 3. The van der Waals surface area contributed by atoms with E-state index in [1.54, 1.807) is 6.92 Å². The molecule has 1 rings (SSSR count). The van der Waals surface area contributed by atoms with Gasteiger partial charge in [0.25, 0.3) is 5.91 Å². The van der Waals surface area contributed by atoms with Crippen LogP contribution >= 0.6 is 0 Å². The molecule has 0 saturated carbocycles. The Bertz CT molecular complexity index is 417. The highest BCUT2D eigenvalue weighted by Crippen LogP contribution is 2.27. The van der Waals surface area contributed by atoms with Crippen molar-refractivity contribution in [2.45, 2.75) is 19.1 Å². The summed E-state index contributed by atoms with van der Waals surface area (Å²) in [6.07, 6.45) is -3.58. The lowest BCUT2D eigenvalue weighted by molar-refractivity contribution is -0.141. The van der Waals surface area contributed by atoms with E-state index in [-0.39, 0.29) is 18.2 Å². The average molecular weight is 261 g/mol. The molecule has 1 unspecified atom stereocenters. The van der Waals surface area contributed by atoms with Crippen molar-refractivity contribution in [1.29, 1.82) is 0 Å². The van der Waals surface area contributed by atoms with Gasteiger partial charge in [0.05, 0.1) is 5.56 Å². The van der Waals surface area contributed by atoms with Crippen molar-refractivity contribution in [2.24, 2.45) is 5.73 Å². The predicted octanol–water partition coefficient (Wildman–Crippen LogP) is 1.52. The summed E-state index contributed by atoms with van der Waals surface area (Å²) in [6.45, 7) is 2.02. The minimum atomic E-state index is -4.50. The number of pyridine rings is 1. The average Bonchev–Trinajstić information content (AvgIpc) is 2.35. The van der Waals surface area contributed by atoms with E-state index in [2.05, 4.69) is 4.98 Å². The van der Waals surface area contributed by atoms with Crippen LogP contribution in [0.2, 0.25) is 0 Å². The zero-order valence-electron chi connectivity index (χ0n) is 10.0. The first kappa shape index (κ1) is 14.4. The number of amides is 1. The van der Waals surface area contributed by atoms with E-state index in [1.807, 2.05) is 0 Å². The molecule has 0 radical (unpaired) electrons. The molecule has 1 aromatic rings. The topological polar surface area (TPSA) is 59.2 Å². The second kappa shape index (κ2) is 5.34. The number of aromatic nitrogens is 1. The maximum Gasteiger partial charge on any atom is 0.433 e. The largest absolute Gasteiger partial charge is 0.433 e. The van der Waals surface area contributed by atoms with Crippen molar-refractivity contribution < 1.29 is 18.0 Å². The Morgan fingerprint density at radius 1 is 1.50 bits per heavy atom. The van der Waals surface area contributed by atoms with Gasteiger partial charge < -0.3 is 10.6 Å². The molecule has 18 heavy (non-hydrogen) atoms. The van der Waals surface area contributed by atoms with E-state index in [4.69, 9.17) is 5.73 Å². The van der Waals surface area contributed by atoms with Crippen molar-refractivity contribution >= 4 is 5.91 Å². The molecule has 0 aliphatic heterocycles. The summed E-state index contributed by atoms with van der Waals surface area (Å²) < 4.78 is 36.9. The van der Waals surface area contributed by atoms with Crippen molar-refractivity contribution in [2.75, 3.05) is 13.6 Å². The number of likely N-dealkylation sites (N-methyl/N-ethyl adjacent to an activating group) is 1. The molecule has 0 aromatic carbocycles. The van der Waals surface area contributed by atoms with Crippen LogP contribution in [-0.4, -0.2) is 35.4 Å². The van der Waals surface area contributed by atoms with Gasteiger partial charge in [-0.15, -0.1) is 0 Å². The molecule has 1 amide bonds. The van der Waals surface area contributed by atoms with Gasteiger partial charge in [0.2, 0.25) is 0 Å². The highest BCUT2D eigenvalue weighted by Gasteiger charge is 2.32. The van der Waals surface area contributed by atoms with Gasteiger partial charge in [-0.3, -0.25) is 9.78 Å². The van der Waals surface area contributed by atoms with Crippen LogP contribution in [0.1, 0.15) is 23.0 Å². The molecule has 0 fully saturated rings. The van der Waals surface area contributed by atoms with Crippen molar-refractivity contribution in [3.63, 3.8) is 0 Å². The van der Waals surface area contributed by atoms with Crippen LogP contribution in [0.5, 0.6) is 0 Å². The molecule has 0 spiro atoms. The summed E-state index contributed by atoms with van der Waals surface area (Å²) in [5.74, 6) is -0.408. The zero-order chi connectivity index (χ0) is 13.9. The normalized spacial score (nSPS) is 13.2. The van der Waals surface area contributed by atoms with E-state index in [0.29, 0.717) is 0 Å². The fraction of sp³-hybridized carbons (Fsp3) is 0.455. The molecule has 1 aromatic heterocycles. The first-order valence-electron chi connectivity index (χ1n) is 5.28. The van der Waals surface area contributed by atoms with Gasteiger partial charge >= 0.3 is 6.18 Å². The first-order chi connectivity index (χ1) is 8.27. The van der Waals surface area contributed by atoms with E-state index in [9.17, 15) is 18.0 Å². The standard InChI is InChI=1S/C11H14F3N3O/c1-7(5-15)17(2)10(18)8-3-4-9(16-6-8)11(12,13)14/h3-4,6-7H,5,15H2,1-2H3. The maximum absolute atomic E-state index is 12.3. The first-order valence-corrected chi connectivity index (χ1v) is 5.28. The monoisotopic (exact) mass is 261 g/mol. The number of nitrogens with zero attached hydrogens (tertiary/aromatic N) is 2. The molecule has 4 nitrogen and oxygen atoms in total. The van der Waals surface area contributed by atoms with Gasteiger partial charge in [0.15, 0.2) is 0 Å². The summed E-state index contributed by atoms with van der Waals surface area (Å²) in [5, 5.41) is 0. The quantitative estimate of drug-likeness (QED) is 0.897. The summed E-state index contributed by atoms with van der Waals surface area (Å²) in [6, 6.07) is 1.70. The Balaban J connectivity index is 2.89. The number of hydrogen-bond donors (Lipinski definition) is 1. The molecule has 100 valence electrons. The molecule has 7 heteroatoms. The van der Waals surface area contributed by atoms with E-state index < -0.39 is 17.8 Å². The minimum Gasteiger partial charge on any atom is -0.338 e. The zero-order valence-corrected chi connectivity index (χ0v) is 10.0. The molecule has 0 bridgehead atoms. The van der Waals surface area contributed by atoms with E-state index in [0.717, 1.165) is 18.3 Å². The molecule has 0 saturated heterocycles. The third kappa shape index (κ3) is 3.19. The van der Waals surface area contributed by atoms with E-state index >= 15 is 0 Å². The summed E-state index contributed by atoms with van der Waals surface area (Å²) in [5.41, 5.74) is 4.49. The number of alkyl halides is 3. The summed E-state index contributed by atoms with van der Waals surface area (Å²) >= 11 is 0. The fourth-order valence-electron chi connectivity index (χ4n) is 1.25.